The molecule has 1 atom stereocenters. The predicted octanol–water partition coefficient (Wildman–Crippen LogP) is 2.27. The number of anilines is 1. The number of hydrogen-bond donors (Lipinski definition) is 1. The lowest BCUT2D eigenvalue weighted by molar-refractivity contribution is 0.0303. The smallest absolute Gasteiger partial charge is 0.254 e. The Labute approximate surface area is 192 Å². The molecule has 0 aliphatic carbocycles. The Bertz CT molecular complexity index is 1360. The van der Waals surface area contributed by atoms with Gasteiger partial charge >= 0.3 is 0 Å². The van der Waals surface area contributed by atoms with Gasteiger partial charge in [0.15, 0.2) is 0 Å². The standard InChI is InChI=1S/C23H22N6O3S/c1-33(31)21-14-29(23-26-12-16(13-27-23)19-11-17(24)4-5-25-19)20-10-15(2-3-18(20)21)22(30)28-6-8-32-9-7-28/h2-5,10-14H,6-9H2,1H3,(H2,24,25). The molecule has 1 aliphatic heterocycles. The molecule has 1 aliphatic rings. The monoisotopic (exact) mass is 462 g/mol. The highest BCUT2D eigenvalue weighted by atomic mass is 32.2. The first-order chi connectivity index (χ1) is 16.0. The number of benzene rings is 1. The molecule has 1 unspecified atom stereocenters. The third-order valence-corrected chi connectivity index (χ3v) is 6.50. The van der Waals surface area contributed by atoms with Crippen LogP contribution < -0.4 is 5.73 Å². The Morgan fingerprint density at radius 2 is 1.85 bits per heavy atom. The second kappa shape index (κ2) is 8.72. The average Bonchev–Trinajstić information content (AvgIpc) is 3.23. The number of nitrogens with zero attached hydrogens (tertiary/aromatic N) is 5. The number of carbonyl (C=O) groups is 1. The van der Waals surface area contributed by atoms with Crippen LogP contribution in [0.1, 0.15) is 10.4 Å². The maximum absolute atomic E-state index is 13.0. The second-order valence-electron chi connectivity index (χ2n) is 7.70. The molecule has 0 radical (unpaired) electrons. The normalized spacial score (nSPS) is 15.0. The van der Waals surface area contributed by atoms with E-state index in [4.69, 9.17) is 10.5 Å². The van der Waals surface area contributed by atoms with Crippen molar-refractivity contribution in [3.8, 4) is 17.2 Å². The van der Waals surface area contributed by atoms with Crippen LogP contribution in [0.25, 0.3) is 28.1 Å². The molecule has 0 saturated carbocycles. The lowest BCUT2D eigenvalue weighted by atomic mass is 10.1. The molecule has 33 heavy (non-hydrogen) atoms. The van der Waals surface area contributed by atoms with Crippen molar-refractivity contribution in [1.29, 1.82) is 0 Å². The quantitative estimate of drug-likeness (QED) is 0.494. The maximum Gasteiger partial charge on any atom is 0.254 e. The lowest BCUT2D eigenvalue weighted by Crippen LogP contribution is -2.40. The van der Waals surface area contributed by atoms with Crippen molar-refractivity contribution in [2.75, 3.05) is 38.3 Å². The molecule has 4 aromatic rings. The summed E-state index contributed by atoms with van der Waals surface area (Å²) in [6.45, 7) is 2.19. The van der Waals surface area contributed by atoms with Gasteiger partial charge in [0.2, 0.25) is 5.95 Å². The minimum atomic E-state index is -1.23. The van der Waals surface area contributed by atoms with Gasteiger partial charge in [-0.2, -0.15) is 0 Å². The fourth-order valence-electron chi connectivity index (χ4n) is 3.85. The van der Waals surface area contributed by atoms with E-state index in [9.17, 15) is 9.00 Å². The van der Waals surface area contributed by atoms with E-state index < -0.39 is 10.8 Å². The summed E-state index contributed by atoms with van der Waals surface area (Å²) in [6.07, 6.45) is 8.36. The summed E-state index contributed by atoms with van der Waals surface area (Å²) in [4.78, 5) is 28.8. The van der Waals surface area contributed by atoms with Crippen molar-refractivity contribution >= 4 is 33.3 Å². The topological polar surface area (TPSA) is 116 Å². The zero-order valence-electron chi connectivity index (χ0n) is 18.0. The Morgan fingerprint density at radius 1 is 1.09 bits per heavy atom. The van der Waals surface area contributed by atoms with Gasteiger partial charge in [0.25, 0.3) is 5.91 Å². The summed E-state index contributed by atoms with van der Waals surface area (Å²) in [5.74, 6) is 0.344. The van der Waals surface area contributed by atoms with E-state index in [1.165, 1.54) is 0 Å². The number of carbonyl (C=O) groups excluding carboxylic acids is 1. The molecular formula is C23H22N6O3S. The third kappa shape index (κ3) is 4.10. The summed E-state index contributed by atoms with van der Waals surface area (Å²) in [5.41, 5.74) is 9.13. The zero-order valence-corrected chi connectivity index (χ0v) is 18.8. The molecule has 9 nitrogen and oxygen atoms in total. The SMILES string of the molecule is CS(=O)c1cn(-c2ncc(-c3cc(N)ccn3)cn2)c2cc(C(=O)N3CCOCC3)ccc12. The molecule has 4 heterocycles. The molecule has 1 amide bonds. The fraction of sp³-hybridized carbons (Fsp3) is 0.217. The number of rotatable bonds is 4. The molecular weight excluding hydrogens is 440 g/mol. The predicted molar refractivity (Wildman–Crippen MR) is 126 cm³/mol. The van der Waals surface area contributed by atoms with Crippen LogP contribution in [-0.2, 0) is 15.5 Å². The van der Waals surface area contributed by atoms with Crippen LogP contribution in [0.15, 0.2) is 60.0 Å². The van der Waals surface area contributed by atoms with E-state index in [-0.39, 0.29) is 5.91 Å². The molecule has 1 saturated heterocycles. The second-order valence-corrected chi connectivity index (χ2v) is 9.05. The summed E-state index contributed by atoms with van der Waals surface area (Å²) < 4.78 is 19.5. The number of aromatic nitrogens is 4. The van der Waals surface area contributed by atoms with Crippen LogP contribution in [0.3, 0.4) is 0 Å². The number of hydrogen-bond acceptors (Lipinski definition) is 7. The average molecular weight is 463 g/mol. The van der Waals surface area contributed by atoms with Crippen molar-refractivity contribution in [3.05, 3.63) is 60.7 Å². The molecule has 1 fully saturated rings. The molecule has 1 aromatic carbocycles. The highest BCUT2D eigenvalue weighted by molar-refractivity contribution is 7.84. The van der Waals surface area contributed by atoms with Crippen LogP contribution in [0.4, 0.5) is 5.69 Å². The van der Waals surface area contributed by atoms with Gasteiger partial charge in [-0.1, -0.05) is 6.07 Å². The minimum absolute atomic E-state index is 0.0591. The highest BCUT2D eigenvalue weighted by Crippen LogP contribution is 2.28. The zero-order chi connectivity index (χ0) is 22.9. The molecule has 168 valence electrons. The first kappa shape index (κ1) is 21.2. The van der Waals surface area contributed by atoms with E-state index in [2.05, 4.69) is 15.0 Å². The van der Waals surface area contributed by atoms with Crippen molar-refractivity contribution in [2.45, 2.75) is 4.90 Å². The van der Waals surface area contributed by atoms with Gasteiger partial charge in [-0.25, -0.2) is 9.97 Å². The largest absolute Gasteiger partial charge is 0.399 e. The van der Waals surface area contributed by atoms with E-state index in [0.29, 0.717) is 59.6 Å². The van der Waals surface area contributed by atoms with Gasteiger partial charge in [-0.05, 0) is 24.3 Å². The van der Waals surface area contributed by atoms with E-state index in [0.717, 1.165) is 10.9 Å². The summed E-state index contributed by atoms with van der Waals surface area (Å²) in [7, 11) is -1.23. The molecule has 0 bridgehead atoms. The Balaban J connectivity index is 1.56. The summed E-state index contributed by atoms with van der Waals surface area (Å²) in [5, 5.41) is 0.791. The van der Waals surface area contributed by atoms with Gasteiger partial charge in [-0.15, -0.1) is 0 Å². The number of morpholine rings is 1. The molecule has 5 rings (SSSR count). The van der Waals surface area contributed by atoms with Crippen LogP contribution in [0.2, 0.25) is 0 Å². The van der Waals surface area contributed by atoms with Gasteiger partial charge < -0.3 is 15.4 Å². The first-order valence-electron chi connectivity index (χ1n) is 10.4. The third-order valence-electron chi connectivity index (χ3n) is 5.56. The van der Waals surface area contributed by atoms with Crippen LogP contribution >= 0.6 is 0 Å². The van der Waals surface area contributed by atoms with Gasteiger partial charge in [0.1, 0.15) is 0 Å². The summed E-state index contributed by atoms with van der Waals surface area (Å²) >= 11 is 0. The van der Waals surface area contributed by atoms with Crippen LogP contribution in [0, 0.1) is 0 Å². The molecule has 3 aromatic heterocycles. The van der Waals surface area contributed by atoms with E-state index in [1.54, 1.807) is 64.8 Å². The molecule has 2 N–H and O–H groups in total. The van der Waals surface area contributed by atoms with E-state index >= 15 is 0 Å². The highest BCUT2D eigenvalue weighted by Gasteiger charge is 2.21. The van der Waals surface area contributed by atoms with Crippen LogP contribution in [-0.4, -0.2) is 67.1 Å². The lowest BCUT2D eigenvalue weighted by Gasteiger charge is -2.26. The summed E-state index contributed by atoms with van der Waals surface area (Å²) in [6, 6.07) is 8.88. The minimum Gasteiger partial charge on any atom is -0.399 e. The Hall–Kier alpha value is -3.63. The number of pyridine rings is 1. The number of nitrogen functional groups attached to an aromatic ring is 1. The number of nitrogens with two attached hydrogens (primary N) is 1. The van der Waals surface area contributed by atoms with E-state index in [1.807, 2.05) is 6.07 Å². The van der Waals surface area contributed by atoms with Crippen LogP contribution in [0.5, 0.6) is 0 Å². The Kier molecular flexibility index (Phi) is 5.61. The van der Waals surface area contributed by atoms with Gasteiger partial charge in [0, 0.05) is 66.3 Å². The van der Waals surface area contributed by atoms with Crippen molar-refractivity contribution in [2.24, 2.45) is 0 Å². The number of amides is 1. The fourth-order valence-corrected chi connectivity index (χ4v) is 4.59. The number of fused-ring (bicyclic) bond motifs is 1. The Morgan fingerprint density at radius 3 is 2.55 bits per heavy atom. The number of ether oxygens (including phenoxy) is 1. The first-order valence-corrected chi connectivity index (χ1v) is 12.0. The van der Waals surface area contributed by atoms with Crippen molar-refractivity contribution in [1.82, 2.24) is 24.4 Å². The van der Waals surface area contributed by atoms with Crippen molar-refractivity contribution in [3.63, 3.8) is 0 Å². The molecule has 0 spiro atoms. The van der Waals surface area contributed by atoms with Crippen molar-refractivity contribution < 1.29 is 13.7 Å². The molecule has 10 heteroatoms. The maximum atomic E-state index is 13.0. The van der Waals surface area contributed by atoms with Gasteiger partial charge in [0.05, 0.1) is 40.1 Å². The van der Waals surface area contributed by atoms with Gasteiger partial charge in [-0.3, -0.25) is 18.6 Å².